The van der Waals surface area contributed by atoms with Gasteiger partial charge in [-0.15, -0.1) is 0 Å². The highest BCUT2D eigenvalue weighted by Gasteiger charge is 2.21. The Kier molecular flexibility index (Phi) is 5.16. The van der Waals surface area contributed by atoms with E-state index >= 15 is 0 Å². The van der Waals surface area contributed by atoms with Crippen LogP contribution >= 0.6 is 0 Å². The Hall–Kier alpha value is -1.13. The Bertz CT molecular complexity index is 405. The van der Waals surface area contributed by atoms with Gasteiger partial charge in [-0.2, -0.15) is 0 Å². The molecule has 2 unspecified atom stereocenters. The third kappa shape index (κ3) is 4.18. The van der Waals surface area contributed by atoms with Gasteiger partial charge in [0, 0.05) is 25.3 Å². The predicted octanol–water partition coefficient (Wildman–Crippen LogP) is 2.67. The molecule has 0 aliphatic carbocycles. The van der Waals surface area contributed by atoms with E-state index in [0.717, 1.165) is 26.0 Å². The van der Waals surface area contributed by atoms with Crippen molar-refractivity contribution < 1.29 is 13.9 Å². The van der Waals surface area contributed by atoms with Crippen molar-refractivity contribution in [1.82, 2.24) is 5.32 Å². The second-order valence-corrected chi connectivity index (χ2v) is 5.05. The van der Waals surface area contributed by atoms with Crippen molar-refractivity contribution in [2.45, 2.75) is 38.8 Å². The van der Waals surface area contributed by atoms with E-state index in [1.54, 1.807) is 19.1 Å². The van der Waals surface area contributed by atoms with E-state index in [2.05, 4.69) is 12.2 Å². The maximum absolute atomic E-state index is 13.3. The second kappa shape index (κ2) is 6.87. The molecule has 1 aromatic carbocycles. The number of rotatable bonds is 6. The molecule has 0 saturated carbocycles. The summed E-state index contributed by atoms with van der Waals surface area (Å²) in [6.45, 7) is 6.00. The lowest BCUT2D eigenvalue weighted by atomic mass is 10.1. The second-order valence-electron chi connectivity index (χ2n) is 5.05. The van der Waals surface area contributed by atoms with Crippen LogP contribution in [0, 0.1) is 12.7 Å². The van der Waals surface area contributed by atoms with Crippen molar-refractivity contribution in [3.05, 3.63) is 29.6 Å². The topological polar surface area (TPSA) is 30.5 Å². The molecule has 1 aromatic rings. The van der Waals surface area contributed by atoms with Crippen molar-refractivity contribution in [3.8, 4) is 5.75 Å². The van der Waals surface area contributed by atoms with Crippen molar-refractivity contribution in [3.63, 3.8) is 0 Å². The van der Waals surface area contributed by atoms with Gasteiger partial charge in [0.15, 0.2) is 0 Å². The largest absolute Gasteiger partial charge is 0.492 e. The molecule has 1 saturated heterocycles. The van der Waals surface area contributed by atoms with Crippen LogP contribution in [0.15, 0.2) is 18.2 Å². The Labute approximate surface area is 114 Å². The molecule has 0 spiro atoms. The van der Waals surface area contributed by atoms with E-state index in [4.69, 9.17) is 9.47 Å². The van der Waals surface area contributed by atoms with Crippen LogP contribution in [-0.2, 0) is 4.74 Å². The average Bonchev–Trinajstić information content (AvgIpc) is 2.92. The molecule has 1 aliphatic heterocycles. The summed E-state index contributed by atoms with van der Waals surface area (Å²) in [6, 6.07) is 5.29. The highest BCUT2D eigenvalue weighted by atomic mass is 19.1. The lowest BCUT2D eigenvalue weighted by molar-refractivity contribution is 0.0824. The third-order valence-electron chi connectivity index (χ3n) is 3.50. The first-order valence-electron chi connectivity index (χ1n) is 6.91. The normalized spacial score (nSPS) is 20.5. The summed E-state index contributed by atoms with van der Waals surface area (Å²) in [5, 5.41) is 3.38. The Morgan fingerprint density at radius 2 is 2.37 bits per heavy atom. The van der Waals surface area contributed by atoms with Crippen LogP contribution in [0.2, 0.25) is 0 Å². The molecule has 2 rings (SSSR count). The molecule has 1 N–H and O–H groups in total. The molecule has 1 heterocycles. The summed E-state index contributed by atoms with van der Waals surface area (Å²) in [5.41, 5.74) is 0.637. The molecule has 2 atom stereocenters. The van der Waals surface area contributed by atoms with E-state index in [0.29, 0.717) is 30.1 Å². The summed E-state index contributed by atoms with van der Waals surface area (Å²) in [4.78, 5) is 0. The molecule has 19 heavy (non-hydrogen) atoms. The first-order valence-corrected chi connectivity index (χ1v) is 6.91. The van der Waals surface area contributed by atoms with E-state index in [-0.39, 0.29) is 5.82 Å². The molecule has 0 bridgehead atoms. The number of halogens is 1. The standard InChI is InChI=1S/C15H22FNO2/c1-11-5-6-13(10-14(11)16)18-9-7-17-12(2)15-4-3-8-19-15/h5-6,10,12,15,17H,3-4,7-9H2,1-2H3. The molecule has 0 amide bonds. The highest BCUT2D eigenvalue weighted by molar-refractivity contribution is 5.27. The number of benzene rings is 1. The van der Waals surface area contributed by atoms with Crippen LogP contribution < -0.4 is 10.1 Å². The molecule has 106 valence electrons. The summed E-state index contributed by atoms with van der Waals surface area (Å²) >= 11 is 0. The third-order valence-corrected chi connectivity index (χ3v) is 3.50. The predicted molar refractivity (Wildman–Crippen MR) is 73.1 cm³/mol. The maximum atomic E-state index is 13.3. The Morgan fingerprint density at radius 1 is 1.53 bits per heavy atom. The quantitative estimate of drug-likeness (QED) is 0.804. The van der Waals surface area contributed by atoms with Gasteiger partial charge in [-0.1, -0.05) is 6.07 Å². The van der Waals surface area contributed by atoms with Gasteiger partial charge in [-0.3, -0.25) is 0 Å². The Balaban J connectivity index is 1.67. The van der Waals surface area contributed by atoms with Gasteiger partial charge >= 0.3 is 0 Å². The maximum Gasteiger partial charge on any atom is 0.129 e. The van der Waals surface area contributed by atoms with Crippen molar-refractivity contribution in [2.24, 2.45) is 0 Å². The van der Waals surface area contributed by atoms with Crippen LogP contribution in [0.25, 0.3) is 0 Å². The number of nitrogens with one attached hydrogen (secondary N) is 1. The lowest BCUT2D eigenvalue weighted by Gasteiger charge is -2.20. The number of ether oxygens (including phenoxy) is 2. The highest BCUT2D eigenvalue weighted by Crippen LogP contribution is 2.16. The first-order chi connectivity index (χ1) is 9.16. The van der Waals surface area contributed by atoms with E-state index in [1.807, 2.05) is 0 Å². The Morgan fingerprint density at radius 3 is 3.05 bits per heavy atom. The van der Waals surface area contributed by atoms with Crippen LogP contribution in [0.3, 0.4) is 0 Å². The van der Waals surface area contributed by atoms with Gasteiger partial charge in [0.05, 0.1) is 6.10 Å². The minimum absolute atomic E-state index is 0.224. The van der Waals surface area contributed by atoms with Crippen LogP contribution in [0.1, 0.15) is 25.3 Å². The van der Waals surface area contributed by atoms with E-state index in [9.17, 15) is 4.39 Å². The smallest absolute Gasteiger partial charge is 0.129 e. The van der Waals surface area contributed by atoms with Gasteiger partial charge in [0.25, 0.3) is 0 Å². The minimum Gasteiger partial charge on any atom is -0.492 e. The molecule has 3 nitrogen and oxygen atoms in total. The fourth-order valence-corrected chi connectivity index (χ4v) is 2.25. The van der Waals surface area contributed by atoms with Crippen LogP contribution in [0.4, 0.5) is 4.39 Å². The zero-order valence-electron chi connectivity index (χ0n) is 11.6. The summed E-state index contributed by atoms with van der Waals surface area (Å²) in [5.74, 6) is 0.354. The van der Waals surface area contributed by atoms with Gasteiger partial charge in [-0.25, -0.2) is 4.39 Å². The molecule has 0 aromatic heterocycles. The summed E-state index contributed by atoms with van der Waals surface area (Å²) in [6.07, 6.45) is 2.59. The van der Waals surface area contributed by atoms with Crippen LogP contribution in [-0.4, -0.2) is 31.9 Å². The molecule has 1 aliphatic rings. The fourth-order valence-electron chi connectivity index (χ4n) is 2.25. The van der Waals surface area contributed by atoms with E-state index in [1.165, 1.54) is 6.07 Å². The fraction of sp³-hybridized carbons (Fsp3) is 0.600. The van der Waals surface area contributed by atoms with Gasteiger partial charge in [-0.05, 0) is 38.3 Å². The number of aryl methyl sites for hydroxylation is 1. The van der Waals surface area contributed by atoms with Crippen molar-refractivity contribution in [1.29, 1.82) is 0 Å². The molecule has 0 radical (unpaired) electrons. The molecular formula is C15H22FNO2. The molecule has 4 heteroatoms. The van der Waals surface area contributed by atoms with Gasteiger partial charge in [0.2, 0.25) is 0 Å². The molecular weight excluding hydrogens is 245 g/mol. The van der Waals surface area contributed by atoms with Gasteiger partial charge < -0.3 is 14.8 Å². The molecule has 1 fully saturated rings. The average molecular weight is 267 g/mol. The summed E-state index contributed by atoms with van der Waals surface area (Å²) < 4.78 is 24.4. The van der Waals surface area contributed by atoms with Crippen molar-refractivity contribution >= 4 is 0 Å². The zero-order valence-corrected chi connectivity index (χ0v) is 11.6. The SMILES string of the molecule is Cc1ccc(OCCNC(C)C2CCCO2)cc1F. The zero-order chi connectivity index (χ0) is 13.7. The number of hydrogen-bond donors (Lipinski definition) is 1. The van der Waals surface area contributed by atoms with Gasteiger partial charge in [0.1, 0.15) is 18.2 Å². The van der Waals surface area contributed by atoms with Crippen molar-refractivity contribution in [2.75, 3.05) is 19.8 Å². The lowest BCUT2D eigenvalue weighted by Crippen LogP contribution is -2.39. The van der Waals surface area contributed by atoms with E-state index < -0.39 is 0 Å². The minimum atomic E-state index is -0.224. The first kappa shape index (κ1) is 14.3. The summed E-state index contributed by atoms with van der Waals surface area (Å²) in [7, 11) is 0. The van der Waals surface area contributed by atoms with Crippen LogP contribution in [0.5, 0.6) is 5.75 Å². The number of hydrogen-bond acceptors (Lipinski definition) is 3. The monoisotopic (exact) mass is 267 g/mol.